The number of aliphatic hydroxyl groups excluding tert-OH is 1. The SMILES string of the molecule is OC(Cc1cccs1)C1=CCCCC1. The van der Waals surface area contributed by atoms with E-state index in [1.54, 1.807) is 11.3 Å². The molecular formula is C12H16OS. The zero-order valence-corrected chi connectivity index (χ0v) is 9.09. The van der Waals surface area contributed by atoms with E-state index < -0.39 is 0 Å². The summed E-state index contributed by atoms with van der Waals surface area (Å²) in [4.78, 5) is 1.28. The highest BCUT2D eigenvalue weighted by Gasteiger charge is 2.13. The molecule has 1 nitrogen and oxygen atoms in total. The predicted octanol–water partition coefficient (Wildman–Crippen LogP) is 3.15. The Morgan fingerprint density at radius 1 is 1.43 bits per heavy atom. The maximum absolute atomic E-state index is 9.98. The van der Waals surface area contributed by atoms with Crippen LogP contribution in [-0.4, -0.2) is 11.2 Å². The van der Waals surface area contributed by atoms with Crippen molar-refractivity contribution in [1.82, 2.24) is 0 Å². The lowest BCUT2D eigenvalue weighted by Crippen LogP contribution is -2.14. The standard InChI is InChI=1S/C12H16OS/c13-12(9-11-7-4-8-14-11)10-5-2-1-3-6-10/h4-5,7-8,12-13H,1-3,6,9H2. The normalized spacial score (nSPS) is 19.1. The summed E-state index contributed by atoms with van der Waals surface area (Å²) < 4.78 is 0. The van der Waals surface area contributed by atoms with E-state index in [0.29, 0.717) is 0 Å². The Kier molecular flexibility index (Phi) is 3.38. The first kappa shape index (κ1) is 9.94. The zero-order valence-electron chi connectivity index (χ0n) is 8.28. The van der Waals surface area contributed by atoms with Crippen molar-refractivity contribution < 1.29 is 5.11 Å². The number of rotatable bonds is 3. The first-order valence-electron chi connectivity index (χ1n) is 5.25. The quantitative estimate of drug-likeness (QED) is 0.757. The smallest absolute Gasteiger partial charge is 0.0798 e. The molecule has 1 unspecified atom stereocenters. The summed E-state index contributed by atoms with van der Waals surface area (Å²) in [6.45, 7) is 0. The van der Waals surface area contributed by atoms with Crippen molar-refractivity contribution in [1.29, 1.82) is 0 Å². The average molecular weight is 208 g/mol. The van der Waals surface area contributed by atoms with Crippen LogP contribution in [0.4, 0.5) is 0 Å². The fraction of sp³-hybridized carbons (Fsp3) is 0.500. The molecule has 1 aromatic heterocycles. The molecule has 1 aliphatic carbocycles. The molecule has 0 saturated heterocycles. The third-order valence-electron chi connectivity index (χ3n) is 2.73. The number of hydrogen-bond acceptors (Lipinski definition) is 2. The number of hydrogen-bond donors (Lipinski definition) is 1. The molecule has 2 rings (SSSR count). The molecule has 1 atom stereocenters. The van der Waals surface area contributed by atoms with Crippen LogP contribution in [-0.2, 0) is 6.42 Å². The number of allylic oxidation sites excluding steroid dienone is 1. The zero-order chi connectivity index (χ0) is 9.80. The second-order valence-corrected chi connectivity index (χ2v) is 4.86. The Balaban J connectivity index is 1.95. The second-order valence-electron chi connectivity index (χ2n) is 3.82. The van der Waals surface area contributed by atoms with Crippen molar-refractivity contribution in [3.63, 3.8) is 0 Å². The topological polar surface area (TPSA) is 20.2 Å². The third-order valence-corrected chi connectivity index (χ3v) is 3.63. The second kappa shape index (κ2) is 4.76. The summed E-state index contributed by atoms with van der Waals surface area (Å²) in [5, 5.41) is 12.1. The minimum Gasteiger partial charge on any atom is -0.388 e. The fourth-order valence-corrected chi connectivity index (χ4v) is 2.66. The van der Waals surface area contributed by atoms with Crippen molar-refractivity contribution >= 4 is 11.3 Å². The van der Waals surface area contributed by atoms with Gasteiger partial charge in [-0.1, -0.05) is 12.1 Å². The lowest BCUT2D eigenvalue weighted by molar-refractivity contribution is 0.205. The maximum Gasteiger partial charge on any atom is 0.0798 e. The molecule has 14 heavy (non-hydrogen) atoms. The van der Waals surface area contributed by atoms with Crippen LogP contribution in [0.5, 0.6) is 0 Å². The molecule has 0 spiro atoms. The van der Waals surface area contributed by atoms with Crippen LogP contribution in [0.2, 0.25) is 0 Å². The van der Waals surface area contributed by atoms with Crippen molar-refractivity contribution in [2.24, 2.45) is 0 Å². The molecular weight excluding hydrogens is 192 g/mol. The van der Waals surface area contributed by atoms with Gasteiger partial charge in [-0.15, -0.1) is 11.3 Å². The summed E-state index contributed by atoms with van der Waals surface area (Å²) in [5.74, 6) is 0. The molecule has 2 heteroatoms. The first-order valence-corrected chi connectivity index (χ1v) is 6.13. The van der Waals surface area contributed by atoms with Crippen LogP contribution >= 0.6 is 11.3 Å². The molecule has 1 aromatic rings. The van der Waals surface area contributed by atoms with Crippen LogP contribution in [0.25, 0.3) is 0 Å². The monoisotopic (exact) mass is 208 g/mol. The maximum atomic E-state index is 9.98. The van der Waals surface area contributed by atoms with E-state index in [9.17, 15) is 5.11 Å². The summed E-state index contributed by atoms with van der Waals surface area (Å²) in [6.07, 6.45) is 7.55. The molecule has 1 heterocycles. The summed E-state index contributed by atoms with van der Waals surface area (Å²) >= 11 is 1.73. The number of aliphatic hydroxyl groups is 1. The van der Waals surface area contributed by atoms with Gasteiger partial charge in [0, 0.05) is 11.3 Å². The van der Waals surface area contributed by atoms with Gasteiger partial charge in [0.25, 0.3) is 0 Å². The van der Waals surface area contributed by atoms with Crippen LogP contribution in [0, 0.1) is 0 Å². The molecule has 0 aliphatic heterocycles. The van der Waals surface area contributed by atoms with Gasteiger partial charge in [-0.2, -0.15) is 0 Å². The molecule has 0 aromatic carbocycles. The van der Waals surface area contributed by atoms with Crippen LogP contribution in [0.1, 0.15) is 30.6 Å². The van der Waals surface area contributed by atoms with Gasteiger partial charge in [0.2, 0.25) is 0 Å². The van der Waals surface area contributed by atoms with E-state index in [4.69, 9.17) is 0 Å². The van der Waals surface area contributed by atoms with E-state index in [-0.39, 0.29) is 6.10 Å². The van der Waals surface area contributed by atoms with E-state index in [2.05, 4.69) is 17.5 Å². The lowest BCUT2D eigenvalue weighted by Gasteiger charge is -2.17. The third kappa shape index (κ3) is 2.46. The Morgan fingerprint density at radius 3 is 3.00 bits per heavy atom. The van der Waals surface area contributed by atoms with Crippen molar-refractivity contribution in [2.75, 3.05) is 0 Å². The van der Waals surface area contributed by atoms with Gasteiger partial charge >= 0.3 is 0 Å². The van der Waals surface area contributed by atoms with E-state index in [1.807, 2.05) is 6.07 Å². The highest BCUT2D eigenvalue weighted by Crippen LogP contribution is 2.23. The van der Waals surface area contributed by atoms with E-state index in [1.165, 1.54) is 23.3 Å². The van der Waals surface area contributed by atoms with Gasteiger partial charge in [-0.25, -0.2) is 0 Å². The fourth-order valence-electron chi connectivity index (χ4n) is 1.92. The lowest BCUT2D eigenvalue weighted by atomic mass is 9.94. The first-order chi connectivity index (χ1) is 6.86. The summed E-state index contributed by atoms with van der Waals surface area (Å²) in [7, 11) is 0. The molecule has 0 saturated carbocycles. The molecule has 0 fully saturated rings. The molecule has 0 bridgehead atoms. The molecule has 1 N–H and O–H groups in total. The summed E-state index contributed by atoms with van der Waals surface area (Å²) in [6, 6.07) is 4.14. The van der Waals surface area contributed by atoms with E-state index in [0.717, 1.165) is 19.3 Å². The van der Waals surface area contributed by atoms with Crippen LogP contribution < -0.4 is 0 Å². The Labute approximate surface area is 89.1 Å². The minimum absolute atomic E-state index is 0.242. The van der Waals surface area contributed by atoms with Crippen LogP contribution in [0.3, 0.4) is 0 Å². The van der Waals surface area contributed by atoms with Gasteiger partial charge in [0.05, 0.1) is 6.10 Å². The van der Waals surface area contributed by atoms with Gasteiger partial charge in [0.15, 0.2) is 0 Å². The van der Waals surface area contributed by atoms with Crippen molar-refractivity contribution in [3.05, 3.63) is 34.0 Å². The Morgan fingerprint density at radius 2 is 2.36 bits per heavy atom. The van der Waals surface area contributed by atoms with Crippen LogP contribution in [0.15, 0.2) is 29.2 Å². The van der Waals surface area contributed by atoms with E-state index >= 15 is 0 Å². The Bertz CT molecular complexity index is 300. The largest absolute Gasteiger partial charge is 0.388 e. The summed E-state index contributed by atoms with van der Waals surface area (Å²) in [5.41, 5.74) is 1.25. The average Bonchev–Trinajstić information content (AvgIpc) is 2.72. The van der Waals surface area contributed by atoms with Gasteiger partial charge in [-0.3, -0.25) is 0 Å². The van der Waals surface area contributed by atoms with Gasteiger partial charge < -0.3 is 5.11 Å². The molecule has 0 amide bonds. The molecule has 1 aliphatic rings. The molecule has 0 radical (unpaired) electrons. The highest BCUT2D eigenvalue weighted by molar-refractivity contribution is 7.09. The van der Waals surface area contributed by atoms with Crippen molar-refractivity contribution in [3.8, 4) is 0 Å². The van der Waals surface area contributed by atoms with Gasteiger partial charge in [-0.05, 0) is 42.7 Å². The Hall–Kier alpha value is -0.600. The predicted molar refractivity (Wildman–Crippen MR) is 60.6 cm³/mol. The van der Waals surface area contributed by atoms with Crippen molar-refractivity contribution in [2.45, 2.75) is 38.2 Å². The number of thiophene rings is 1. The molecule has 76 valence electrons. The highest BCUT2D eigenvalue weighted by atomic mass is 32.1. The van der Waals surface area contributed by atoms with Gasteiger partial charge in [0.1, 0.15) is 0 Å². The minimum atomic E-state index is -0.242.